The minimum Gasteiger partial charge on any atom is -0.458 e. The third-order valence-corrected chi connectivity index (χ3v) is 4.41. The lowest BCUT2D eigenvalue weighted by Crippen LogP contribution is -2.52. The molecule has 1 amide bonds. The van der Waals surface area contributed by atoms with Crippen LogP contribution in [0.5, 0.6) is 0 Å². The molecule has 1 aliphatic heterocycles. The first-order valence-corrected chi connectivity index (χ1v) is 8.01. The first-order chi connectivity index (χ1) is 9.70. The van der Waals surface area contributed by atoms with Gasteiger partial charge < -0.3 is 15.4 Å². The number of ether oxygens (including phenoxy) is 1. The second-order valence-electron chi connectivity index (χ2n) is 7.43. The van der Waals surface area contributed by atoms with Crippen LogP contribution in [-0.4, -0.2) is 40.5 Å². The van der Waals surface area contributed by atoms with Gasteiger partial charge in [0.1, 0.15) is 11.6 Å². The monoisotopic (exact) mass is 332 g/mol. The van der Waals surface area contributed by atoms with Crippen molar-refractivity contribution in [3.05, 3.63) is 0 Å². The van der Waals surface area contributed by atoms with Crippen molar-refractivity contribution in [2.75, 3.05) is 0 Å². The third kappa shape index (κ3) is 4.13. The summed E-state index contributed by atoms with van der Waals surface area (Å²) < 4.78 is 5.51. The Morgan fingerprint density at radius 1 is 1.23 bits per heavy atom. The summed E-state index contributed by atoms with van der Waals surface area (Å²) in [6.07, 6.45) is 5.08. The SMILES string of the molecule is C[C@H](N)C(=O)N1[C@H](C(=O)OC(C)(C)C)C[C@H]2CCCC[C@@H]21.Cl. The van der Waals surface area contributed by atoms with Gasteiger partial charge in [0.15, 0.2) is 0 Å². The second kappa shape index (κ2) is 7.18. The standard InChI is InChI=1S/C16H28N2O3.ClH/c1-10(17)14(19)18-12-8-6-5-7-11(12)9-13(18)15(20)21-16(2,3)4;/h10-13H,5-9,17H2,1-4H3;1H/t10-,11+,12-,13-;/m0./s1. The smallest absolute Gasteiger partial charge is 0.329 e. The van der Waals surface area contributed by atoms with Gasteiger partial charge in [0, 0.05) is 6.04 Å². The van der Waals surface area contributed by atoms with E-state index in [9.17, 15) is 9.59 Å². The molecule has 6 heteroatoms. The van der Waals surface area contributed by atoms with E-state index in [1.807, 2.05) is 20.8 Å². The fourth-order valence-corrected chi connectivity index (χ4v) is 3.59. The maximum absolute atomic E-state index is 12.5. The topological polar surface area (TPSA) is 72.6 Å². The van der Waals surface area contributed by atoms with Crippen molar-refractivity contribution in [2.24, 2.45) is 11.7 Å². The largest absolute Gasteiger partial charge is 0.458 e. The lowest BCUT2D eigenvalue weighted by atomic mass is 9.84. The van der Waals surface area contributed by atoms with Crippen molar-refractivity contribution in [2.45, 2.75) is 83.5 Å². The molecule has 5 nitrogen and oxygen atoms in total. The van der Waals surface area contributed by atoms with E-state index in [0.29, 0.717) is 5.92 Å². The van der Waals surface area contributed by atoms with Crippen LogP contribution in [0.15, 0.2) is 0 Å². The molecule has 0 unspecified atom stereocenters. The number of amides is 1. The summed E-state index contributed by atoms with van der Waals surface area (Å²) in [7, 11) is 0. The van der Waals surface area contributed by atoms with Crippen molar-refractivity contribution in [1.29, 1.82) is 0 Å². The van der Waals surface area contributed by atoms with E-state index in [4.69, 9.17) is 10.5 Å². The summed E-state index contributed by atoms with van der Waals surface area (Å²) in [6, 6.07) is -0.874. The van der Waals surface area contributed by atoms with Gasteiger partial charge >= 0.3 is 5.97 Å². The molecule has 1 saturated carbocycles. The maximum Gasteiger partial charge on any atom is 0.329 e. The van der Waals surface area contributed by atoms with Crippen molar-refractivity contribution in [3.8, 4) is 0 Å². The molecular formula is C16H29ClN2O3. The van der Waals surface area contributed by atoms with Gasteiger partial charge in [0.25, 0.3) is 0 Å². The van der Waals surface area contributed by atoms with Gasteiger partial charge in [-0.25, -0.2) is 4.79 Å². The second-order valence-corrected chi connectivity index (χ2v) is 7.43. The molecule has 128 valence electrons. The van der Waals surface area contributed by atoms with Crippen LogP contribution >= 0.6 is 12.4 Å². The number of rotatable bonds is 2. The van der Waals surface area contributed by atoms with Gasteiger partial charge in [-0.15, -0.1) is 12.4 Å². The molecule has 2 rings (SSSR count). The Bertz CT molecular complexity index is 420. The molecular weight excluding hydrogens is 304 g/mol. The van der Waals surface area contributed by atoms with Gasteiger partial charge in [0.05, 0.1) is 6.04 Å². The molecule has 1 aliphatic carbocycles. The number of esters is 1. The molecule has 22 heavy (non-hydrogen) atoms. The summed E-state index contributed by atoms with van der Waals surface area (Å²) in [5.41, 5.74) is 5.25. The molecule has 2 N–H and O–H groups in total. The zero-order chi connectivity index (χ0) is 15.8. The molecule has 1 saturated heterocycles. The van der Waals surface area contributed by atoms with E-state index in [1.54, 1.807) is 11.8 Å². The first-order valence-electron chi connectivity index (χ1n) is 8.01. The van der Waals surface area contributed by atoms with Crippen LogP contribution in [0.25, 0.3) is 0 Å². The molecule has 0 aromatic carbocycles. The molecule has 0 radical (unpaired) electrons. The molecule has 1 heterocycles. The Hall–Kier alpha value is -0.810. The van der Waals surface area contributed by atoms with Crippen LogP contribution in [0.1, 0.15) is 59.8 Å². The van der Waals surface area contributed by atoms with Crippen LogP contribution in [0.2, 0.25) is 0 Å². The molecule has 2 fully saturated rings. The first kappa shape index (κ1) is 19.2. The fraction of sp³-hybridized carbons (Fsp3) is 0.875. The average molecular weight is 333 g/mol. The molecule has 2 aliphatic rings. The van der Waals surface area contributed by atoms with Crippen LogP contribution in [0, 0.1) is 5.92 Å². The average Bonchev–Trinajstić information content (AvgIpc) is 2.75. The third-order valence-electron chi connectivity index (χ3n) is 4.41. The molecule has 0 aromatic rings. The van der Waals surface area contributed by atoms with E-state index in [0.717, 1.165) is 25.7 Å². The minimum atomic E-state index is -0.574. The Morgan fingerprint density at radius 3 is 2.36 bits per heavy atom. The van der Waals surface area contributed by atoms with E-state index >= 15 is 0 Å². The quantitative estimate of drug-likeness (QED) is 0.787. The molecule has 0 spiro atoms. The number of nitrogens with two attached hydrogens (primary N) is 1. The van der Waals surface area contributed by atoms with Crippen molar-refractivity contribution < 1.29 is 14.3 Å². The summed E-state index contributed by atoms with van der Waals surface area (Å²) in [4.78, 5) is 26.7. The normalized spacial score (nSPS) is 29.3. The Labute approximate surface area is 139 Å². The van der Waals surface area contributed by atoms with Gasteiger partial charge in [-0.2, -0.15) is 0 Å². The zero-order valence-corrected chi connectivity index (χ0v) is 14.8. The van der Waals surface area contributed by atoms with Crippen molar-refractivity contribution in [1.82, 2.24) is 4.90 Å². The van der Waals surface area contributed by atoms with Gasteiger partial charge in [-0.3, -0.25) is 4.79 Å². The highest BCUT2D eigenvalue weighted by Crippen LogP contribution is 2.40. The number of halogens is 1. The van der Waals surface area contributed by atoms with Crippen molar-refractivity contribution >= 4 is 24.3 Å². The number of carbonyl (C=O) groups excluding carboxylic acids is 2. The van der Waals surface area contributed by atoms with E-state index < -0.39 is 17.7 Å². The van der Waals surface area contributed by atoms with Gasteiger partial charge in [-0.1, -0.05) is 12.8 Å². The number of likely N-dealkylation sites (tertiary alicyclic amines) is 1. The van der Waals surface area contributed by atoms with Gasteiger partial charge in [-0.05, 0) is 52.9 Å². The maximum atomic E-state index is 12.5. The lowest BCUT2D eigenvalue weighted by Gasteiger charge is -2.35. The molecule has 0 aromatic heterocycles. The van der Waals surface area contributed by atoms with Crippen LogP contribution in [0.3, 0.4) is 0 Å². The highest BCUT2D eigenvalue weighted by molar-refractivity contribution is 5.88. The number of hydrogen-bond acceptors (Lipinski definition) is 4. The Morgan fingerprint density at radius 2 is 1.82 bits per heavy atom. The number of nitrogens with zero attached hydrogens (tertiary/aromatic N) is 1. The highest BCUT2D eigenvalue weighted by Gasteiger charge is 2.49. The molecule has 4 atom stereocenters. The number of hydrogen-bond donors (Lipinski definition) is 1. The highest BCUT2D eigenvalue weighted by atomic mass is 35.5. The zero-order valence-electron chi connectivity index (χ0n) is 14.0. The lowest BCUT2D eigenvalue weighted by molar-refractivity contribution is -0.164. The van der Waals surface area contributed by atoms with Crippen LogP contribution < -0.4 is 5.73 Å². The van der Waals surface area contributed by atoms with Crippen molar-refractivity contribution in [3.63, 3.8) is 0 Å². The number of fused-ring (bicyclic) bond motifs is 1. The predicted octanol–water partition coefficient (Wildman–Crippen LogP) is 2.26. The summed E-state index contributed by atoms with van der Waals surface area (Å²) in [6.45, 7) is 7.24. The Kier molecular flexibility index (Phi) is 6.27. The predicted molar refractivity (Wildman–Crippen MR) is 87.7 cm³/mol. The summed E-state index contributed by atoms with van der Waals surface area (Å²) in [5, 5.41) is 0. The number of carbonyl (C=O) groups is 2. The van der Waals surface area contributed by atoms with Crippen LogP contribution in [-0.2, 0) is 14.3 Å². The summed E-state index contributed by atoms with van der Waals surface area (Å²) in [5.74, 6) is 0.00475. The van der Waals surface area contributed by atoms with E-state index in [1.165, 1.54) is 6.42 Å². The minimum absolute atomic E-state index is 0. The van der Waals surface area contributed by atoms with Crippen LogP contribution in [0.4, 0.5) is 0 Å². The summed E-state index contributed by atoms with van der Waals surface area (Å²) >= 11 is 0. The Balaban J connectivity index is 0.00000242. The van der Waals surface area contributed by atoms with Gasteiger partial charge in [0.2, 0.25) is 5.91 Å². The fourth-order valence-electron chi connectivity index (χ4n) is 3.59. The van der Waals surface area contributed by atoms with E-state index in [-0.39, 0.29) is 30.3 Å². The van der Waals surface area contributed by atoms with E-state index in [2.05, 4.69) is 0 Å². The molecule has 0 bridgehead atoms.